The number of nitrogens with one attached hydrogen (secondary N) is 1. The number of nitrogens with two attached hydrogens (primary N) is 1. The molecule has 1 aliphatic heterocycles. The van der Waals surface area contributed by atoms with Crippen molar-refractivity contribution >= 4 is 22.6 Å². The lowest BCUT2D eigenvalue weighted by Gasteiger charge is -2.29. The van der Waals surface area contributed by atoms with Crippen LogP contribution in [0.25, 0.3) is 22.2 Å². The predicted octanol–water partition coefficient (Wildman–Crippen LogP) is 2.12. The normalized spacial score (nSPS) is 14.2. The van der Waals surface area contributed by atoms with E-state index >= 15 is 0 Å². The summed E-state index contributed by atoms with van der Waals surface area (Å²) in [6.07, 6.45) is 0. The summed E-state index contributed by atoms with van der Waals surface area (Å²) in [5.74, 6) is -0.279. The maximum Gasteiger partial charge on any atom is 0.335 e. The minimum absolute atomic E-state index is 0.216. The van der Waals surface area contributed by atoms with Crippen LogP contribution in [-0.2, 0) is 9.47 Å². The van der Waals surface area contributed by atoms with E-state index in [9.17, 15) is 9.90 Å². The van der Waals surface area contributed by atoms with Gasteiger partial charge >= 0.3 is 5.97 Å². The van der Waals surface area contributed by atoms with E-state index < -0.39 is 5.97 Å². The van der Waals surface area contributed by atoms with Crippen molar-refractivity contribution < 1.29 is 24.1 Å². The van der Waals surface area contributed by atoms with Crippen LogP contribution in [-0.4, -0.2) is 73.9 Å². The summed E-state index contributed by atoms with van der Waals surface area (Å²) in [6.45, 7) is 4.72. The Hall–Kier alpha value is -3.14. The maximum atomic E-state index is 11.4. The topological polar surface area (TPSA) is 123 Å². The van der Waals surface area contributed by atoms with Crippen LogP contribution in [0.15, 0.2) is 36.4 Å². The van der Waals surface area contributed by atoms with E-state index in [4.69, 9.17) is 19.9 Å². The molecule has 4 rings (SSSR count). The van der Waals surface area contributed by atoms with Gasteiger partial charge in [-0.3, -0.25) is 5.10 Å². The third kappa shape index (κ3) is 4.96. The van der Waals surface area contributed by atoms with Crippen LogP contribution in [0, 0.1) is 0 Å². The lowest BCUT2D eigenvalue weighted by molar-refractivity contribution is 0.0697. The molecule has 3 aromatic rings. The summed E-state index contributed by atoms with van der Waals surface area (Å²) >= 11 is 0. The van der Waals surface area contributed by atoms with Gasteiger partial charge in [-0.2, -0.15) is 5.10 Å². The van der Waals surface area contributed by atoms with Crippen LogP contribution in [0.2, 0.25) is 0 Å². The monoisotopic (exact) mass is 426 g/mol. The molecule has 2 heterocycles. The predicted molar refractivity (Wildman–Crippen MR) is 117 cm³/mol. The number of hydrogen-bond acceptors (Lipinski definition) is 7. The number of benzene rings is 2. The molecule has 0 aliphatic carbocycles. The number of carbonyl (C=O) groups is 1. The number of carboxylic acids is 1. The molecule has 164 valence electrons. The fourth-order valence-corrected chi connectivity index (χ4v) is 3.58. The van der Waals surface area contributed by atoms with E-state index in [2.05, 4.69) is 15.1 Å². The number of nitrogens with zero attached hydrogens (tertiary/aromatic N) is 2. The molecule has 0 radical (unpaired) electrons. The number of carboxylic acid groups (broad SMARTS) is 1. The molecule has 9 heteroatoms. The van der Waals surface area contributed by atoms with Crippen molar-refractivity contribution in [1.82, 2.24) is 10.2 Å². The van der Waals surface area contributed by atoms with Crippen LogP contribution in [0.1, 0.15) is 10.4 Å². The Morgan fingerprint density at radius 2 is 2.00 bits per heavy atom. The molecule has 1 aliphatic rings. The average Bonchev–Trinajstić information content (AvgIpc) is 3.22. The fourth-order valence-electron chi connectivity index (χ4n) is 3.58. The van der Waals surface area contributed by atoms with Crippen molar-refractivity contribution in [3.05, 3.63) is 42.0 Å². The highest BCUT2D eigenvalue weighted by Gasteiger charge is 2.17. The number of morpholine rings is 1. The van der Waals surface area contributed by atoms with Crippen LogP contribution in [0.3, 0.4) is 0 Å². The zero-order valence-corrected chi connectivity index (χ0v) is 17.2. The number of H-pyrrole nitrogens is 1. The number of anilines is 1. The van der Waals surface area contributed by atoms with Crippen molar-refractivity contribution in [2.75, 3.05) is 57.6 Å². The first-order valence-electron chi connectivity index (χ1n) is 10.3. The molecule has 1 fully saturated rings. The van der Waals surface area contributed by atoms with Crippen molar-refractivity contribution in [1.29, 1.82) is 0 Å². The van der Waals surface area contributed by atoms with Crippen LogP contribution < -0.4 is 15.4 Å². The van der Waals surface area contributed by atoms with Gasteiger partial charge in [-0.15, -0.1) is 0 Å². The van der Waals surface area contributed by atoms with E-state index in [0.29, 0.717) is 51.0 Å². The summed E-state index contributed by atoms with van der Waals surface area (Å²) in [7, 11) is 0. The minimum Gasteiger partial charge on any atom is -0.491 e. The Balaban J connectivity index is 1.68. The van der Waals surface area contributed by atoms with E-state index in [1.165, 1.54) is 0 Å². The molecule has 9 nitrogen and oxygen atoms in total. The standard InChI is InChI=1S/C22H26N4O5/c23-3-6-29-9-10-31-18-12-16(11-17(14-18)26-4-7-30-8-5-26)21-19-13-15(22(27)28)1-2-20(19)24-25-21/h1-2,11-14H,3-10,23H2,(H,24,25)(H,27,28). The van der Waals surface area contributed by atoms with Crippen molar-refractivity contribution in [3.8, 4) is 17.0 Å². The first kappa shape index (κ1) is 21.1. The van der Waals surface area contributed by atoms with E-state index in [1.807, 2.05) is 18.2 Å². The van der Waals surface area contributed by atoms with Gasteiger partial charge in [-0.25, -0.2) is 4.79 Å². The zero-order chi connectivity index (χ0) is 21.6. The molecule has 0 amide bonds. The quantitative estimate of drug-likeness (QED) is 0.445. The number of aromatic amines is 1. The van der Waals surface area contributed by atoms with Crippen LogP contribution in [0.5, 0.6) is 5.75 Å². The van der Waals surface area contributed by atoms with Gasteiger partial charge in [0.2, 0.25) is 0 Å². The second-order valence-corrected chi connectivity index (χ2v) is 7.20. The fraction of sp³-hybridized carbons (Fsp3) is 0.364. The van der Waals surface area contributed by atoms with Gasteiger partial charge in [0, 0.05) is 42.3 Å². The highest BCUT2D eigenvalue weighted by Crippen LogP contribution is 2.34. The number of ether oxygens (including phenoxy) is 3. The number of rotatable bonds is 9. The van der Waals surface area contributed by atoms with E-state index in [1.54, 1.807) is 18.2 Å². The lowest BCUT2D eigenvalue weighted by Crippen LogP contribution is -2.36. The van der Waals surface area contributed by atoms with Gasteiger partial charge < -0.3 is 30.0 Å². The summed E-state index contributed by atoms with van der Waals surface area (Å²) in [4.78, 5) is 13.7. The first-order valence-corrected chi connectivity index (χ1v) is 10.3. The molecule has 31 heavy (non-hydrogen) atoms. The third-order valence-electron chi connectivity index (χ3n) is 5.11. The van der Waals surface area contributed by atoms with Gasteiger partial charge in [0.1, 0.15) is 18.1 Å². The van der Waals surface area contributed by atoms with Gasteiger partial charge in [-0.1, -0.05) is 0 Å². The van der Waals surface area contributed by atoms with E-state index in [0.717, 1.165) is 35.2 Å². The highest BCUT2D eigenvalue weighted by atomic mass is 16.5. The van der Waals surface area contributed by atoms with Crippen molar-refractivity contribution in [3.63, 3.8) is 0 Å². The molecule has 0 spiro atoms. The molecule has 1 aromatic heterocycles. The molecule has 0 bridgehead atoms. The summed E-state index contributed by atoms with van der Waals surface area (Å²) in [5.41, 5.74) is 8.96. The molecular formula is C22H26N4O5. The summed E-state index contributed by atoms with van der Waals surface area (Å²) < 4.78 is 16.8. The molecular weight excluding hydrogens is 400 g/mol. The van der Waals surface area contributed by atoms with Gasteiger partial charge in [0.25, 0.3) is 0 Å². The summed E-state index contributed by atoms with van der Waals surface area (Å²) in [5, 5.41) is 17.6. The number of aromatic nitrogens is 2. The number of hydrogen-bond donors (Lipinski definition) is 3. The van der Waals surface area contributed by atoms with Gasteiger partial charge in [-0.05, 0) is 30.3 Å². The van der Waals surface area contributed by atoms with Crippen molar-refractivity contribution in [2.24, 2.45) is 5.73 Å². The minimum atomic E-state index is -0.974. The Kier molecular flexibility index (Phi) is 6.66. The average molecular weight is 426 g/mol. The maximum absolute atomic E-state index is 11.4. The Morgan fingerprint density at radius 3 is 2.77 bits per heavy atom. The Labute approximate surface area is 179 Å². The molecule has 0 saturated carbocycles. The van der Waals surface area contributed by atoms with Gasteiger partial charge in [0.05, 0.1) is 37.5 Å². The van der Waals surface area contributed by atoms with Crippen LogP contribution in [0.4, 0.5) is 5.69 Å². The summed E-state index contributed by atoms with van der Waals surface area (Å²) in [6, 6.07) is 10.9. The smallest absolute Gasteiger partial charge is 0.335 e. The molecule has 1 saturated heterocycles. The second kappa shape index (κ2) is 9.78. The molecule has 0 unspecified atom stereocenters. The van der Waals surface area contributed by atoms with Crippen LogP contribution >= 0.6 is 0 Å². The number of aromatic carboxylic acids is 1. The highest BCUT2D eigenvalue weighted by molar-refractivity contribution is 5.99. The Bertz CT molecular complexity index is 1050. The van der Waals surface area contributed by atoms with Gasteiger partial charge in [0.15, 0.2) is 0 Å². The SMILES string of the molecule is NCCOCCOc1cc(-c2n[nH]c3ccc(C(=O)O)cc23)cc(N2CCOCC2)c1. The zero-order valence-electron chi connectivity index (χ0n) is 17.2. The largest absolute Gasteiger partial charge is 0.491 e. The molecule has 4 N–H and O–H groups in total. The second-order valence-electron chi connectivity index (χ2n) is 7.20. The van der Waals surface area contributed by atoms with E-state index in [-0.39, 0.29) is 5.56 Å². The molecule has 0 atom stereocenters. The molecule has 2 aromatic carbocycles. The third-order valence-corrected chi connectivity index (χ3v) is 5.11. The Morgan fingerprint density at radius 1 is 1.16 bits per heavy atom. The first-order chi connectivity index (χ1) is 15.2. The van der Waals surface area contributed by atoms with Crippen molar-refractivity contribution in [2.45, 2.75) is 0 Å². The number of fused-ring (bicyclic) bond motifs is 1. The lowest BCUT2D eigenvalue weighted by atomic mass is 10.0.